The summed E-state index contributed by atoms with van der Waals surface area (Å²) in [5.74, 6) is 0. The molecule has 0 unspecified atom stereocenters. The van der Waals surface area contributed by atoms with Crippen molar-refractivity contribution in [1.29, 1.82) is 0 Å². The van der Waals surface area contributed by atoms with Crippen molar-refractivity contribution in [2.24, 2.45) is 0 Å². The van der Waals surface area contributed by atoms with Crippen molar-refractivity contribution in [3.8, 4) is 11.1 Å². The van der Waals surface area contributed by atoms with Crippen LogP contribution in [0, 0.1) is 0 Å². The maximum atomic E-state index is 5.92. The number of hydrogen-bond acceptors (Lipinski definition) is 1. The first-order valence-corrected chi connectivity index (χ1v) is 8.99. The Morgan fingerprint density at radius 3 is 1.70 bits per heavy atom. The third-order valence-corrected chi connectivity index (χ3v) is 4.94. The number of nitrogens with two attached hydrogens (primary N) is 1. The van der Waals surface area contributed by atoms with E-state index in [-0.39, 0.29) is 0 Å². The van der Waals surface area contributed by atoms with Gasteiger partial charge in [0.1, 0.15) is 0 Å². The topological polar surface area (TPSA) is 26.0 Å². The Bertz CT molecular complexity index is 1140. The van der Waals surface area contributed by atoms with E-state index in [1.54, 1.807) is 0 Å². The van der Waals surface area contributed by atoms with Crippen LogP contribution in [-0.2, 0) is 0 Å². The molecule has 1 nitrogen and oxygen atoms in total. The Labute approximate surface area is 159 Å². The molecule has 0 aliphatic rings. The molecule has 130 valence electrons. The monoisotopic (exact) mass is 347 g/mol. The fourth-order valence-electron chi connectivity index (χ4n) is 3.78. The highest BCUT2D eigenvalue weighted by Gasteiger charge is 2.16. The van der Waals surface area contributed by atoms with E-state index in [0.29, 0.717) is 0 Å². The summed E-state index contributed by atoms with van der Waals surface area (Å²) in [5, 5.41) is 4.84. The zero-order chi connectivity index (χ0) is 18.8. The van der Waals surface area contributed by atoms with Gasteiger partial charge in [-0.25, -0.2) is 0 Å². The van der Waals surface area contributed by atoms with Crippen molar-refractivity contribution in [1.82, 2.24) is 0 Å². The van der Waals surface area contributed by atoms with Crippen LogP contribution in [0.15, 0.2) is 104 Å². The second-order valence-electron chi connectivity index (χ2n) is 6.53. The van der Waals surface area contributed by atoms with Crippen LogP contribution in [0.5, 0.6) is 0 Å². The molecule has 0 saturated heterocycles. The van der Waals surface area contributed by atoms with Crippen LogP contribution in [0.1, 0.15) is 5.56 Å². The first-order chi connectivity index (χ1) is 13.2. The summed E-state index contributed by atoms with van der Waals surface area (Å²) >= 11 is 0. The van der Waals surface area contributed by atoms with Crippen LogP contribution in [0.25, 0.3) is 38.2 Å². The van der Waals surface area contributed by atoms with Gasteiger partial charge in [-0.05, 0) is 55.9 Å². The number of allylic oxidation sites excluding steroid dienone is 4. The van der Waals surface area contributed by atoms with Crippen LogP contribution < -0.4 is 5.73 Å². The zero-order valence-electron chi connectivity index (χ0n) is 15.2. The van der Waals surface area contributed by atoms with E-state index in [2.05, 4.69) is 73.8 Å². The first kappa shape index (κ1) is 16.9. The van der Waals surface area contributed by atoms with Gasteiger partial charge in [0.2, 0.25) is 0 Å². The molecule has 27 heavy (non-hydrogen) atoms. The third kappa shape index (κ3) is 2.84. The van der Waals surface area contributed by atoms with E-state index in [1.807, 2.05) is 30.4 Å². The number of benzene rings is 4. The second kappa shape index (κ2) is 6.97. The third-order valence-electron chi connectivity index (χ3n) is 4.94. The van der Waals surface area contributed by atoms with Crippen LogP contribution in [-0.4, -0.2) is 0 Å². The largest absolute Gasteiger partial charge is 0.399 e. The lowest BCUT2D eigenvalue weighted by Gasteiger charge is -2.18. The molecule has 4 rings (SSSR count). The van der Waals surface area contributed by atoms with Gasteiger partial charge in [-0.1, -0.05) is 92.0 Å². The Kier molecular flexibility index (Phi) is 4.35. The van der Waals surface area contributed by atoms with Gasteiger partial charge < -0.3 is 5.73 Å². The SMILES string of the molecule is C=C/C=C(\C=C)c1c2ccccc2c(-c2ccc(N)cc2)c2ccccc12. The van der Waals surface area contributed by atoms with E-state index >= 15 is 0 Å². The molecule has 0 aromatic heterocycles. The van der Waals surface area contributed by atoms with Crippen molar-refractivity contribution < 1.29 is 0 Å². The molecule has 0 aliphatic heterocycles. The fraction of sp³-hybridized carbons (Fsp3) is 0. The van der Waals surface area contributed by atoms with Gasteiger partial charge >= 0.3 is 0 Å². The van der Waals surface area contributed by atoms with E-state index in [4.69, 9.17) is 5.73 Å². The average Bonchev–Trinajstić information content (AvgIpc) is 2.71. The molecular weight excluding hydrogens is 326 g/mol. The molecule has 0 aliphatic carbocycles. The molecule has 0 saturated carbocycles. The van der Waals surface area contributed by atoms with Gasteiger partial charge in [-0.2, -0.15) is 0 Å². The van der Waals surface area contributed by atoms with Crippen molar-refractivity contribution in [3.05, 3.63) is 110 Å². The summed E-state index contributed by atoms with van der Waals surface area (Å²) in [6.07, 6.45) is 5.73. The van der Waals surface area contributed by atoms with Crippen molar-refractivity contribution in [2.45, 2.75) is 0 Å². The highest BCUT2D eigenvalue weighted by molar-refractivity contribution is 6.19. The average molecular weight is 347 g/mol. The molecule has 1 heteroatoms. The van der Waals surface area contributed by atoms with E-state index in [1.165, 1.54) is 32.7 Å². The van der Waals surface area contributed by atoms with Gasteiger partial charge in [-0.15, -0.1) is 0 Å². The van der Waals surface area contributed by atoms with Gasteiger partial charge in [0.15, 0.2) is 0 Å². The molecule has 0 heterocycles. The zero-order valence-corrected chi connectivity index (χ0v) is 15.2. The molecule has 0 bridgehead atoms. The molecule has 4 aromatic carbocycles. The van der Waals surface area contributed by atoms with Gasteiger partial charge in [0.25, 0.3) is 0 Å². The summed E-state index contributed by atoms with van der Waals surface area (Å²) in [6, 6.07) is 25.2. The summed E-state index contributed by atoms with van der Waals surface area (Å²) in [5.41, 5.74) is 11.3. The smallest absolute Gasteiger partial charge is 0.0314 e. The van der Waals surface area contributed by atoms with Crippen molar-refractivity contribution in [3.63, 3.8) is 0 Å². The van der Waals surface area contributed by atoms with Crippen LogP contribution in [0.4, 0.5) is 5.69 Å². The minimum atomic E-state index is 0.770. The summed E-state index contributed by atoms with van der Waals surface area (Å²) in [7, 11) is 0. The van der Waals surface area contributed by atoms with Crippen molar-refractivity contribution >= 4 is 32.8 Å². The molecule has 0 atom stereocenters. The predicted octanol–water partition coefficient (Wildman–Crippen LogP) is 7.00. The molecule has 4 aromatic rings. The number of fused-ring (bicyclic) bond motifs is 2. The maximum absolute atomic E-state index is 5.92. The summed E-state index contributed by atoms with van der Waals surface area (Å²) in [6.45, 7) is 7.90. The lowest BCUT2D eigenvalue weighted by Crippen LogP contribution is -1.93. The van der Waals surface area contributed by atoms with E-state index in [0.717, 1.165) is 16.8 Å². The second-order valence-corrected chi connectivity index (χ2v) is 6.53. The predicted molar refractivity (Wildman–Crippen MR) is 120 cm³/mol. The molecule has 0 spiro atoms. The van der Waals surface area contributed by atoms with Gasteiger partial charge in [0.05, 0.1) is 0 Å². The number of nitrogen functional groups attached to an aromatic ring is 1. The highest BCUT2D eigenvalue weighted by atomic mass is 14.5. The lowest BCUT2D eigenvalue weighted by molar-refractivity contribution is 1.65. The molecular formula is C26H21N. The van der Waals surface area contributed by atoms with E-state index < -0.39 is 0 Å². The Balaban J connectivity index is 2.23. The fourth-order valence-corrected chi connectivity index (χ4v) is 3.78. The van der Waals surface area contributed by atoms with E-state index in [9.17, 15) is 0 Å². The molecule has 0 radical (unpaired) electrons. The minimum Gasteiger partial charge on any atom is -0.399 e. The van der Waals surface area contributed by atoms with Crippen molar-refractivity contribution in [2.75, 3.05) is 5.73 Å². The Morgan fingerprint density at radius 2 is 1.22 bits per heavy atom. The number of anilines is 1. The normalized spacial score (nSPS) is 11.6. The number of rotatable bonds is 4. The van der Waals surface area contributed by atoms with Crippen LogP contribution in [0.3, 0.4) is 0 Å². The quantitative estimate of drug-likeness (QED) is 0.240. The first-order valence-electron chi connectivity index (χ1n) is 8.99. The minimum absolute atomic E-state index is 0.770. The van der Waals surface area contributed by atoms with Crippen LogP contribution in [0.2, 0.25) is 0 Å². The van der Waals surface area contributed by atoms with Gasteiger partial charge in [0, 0.05) is 5.69 Å². The summed E-state index contributed by atoms with van der Waals surface area (Å²) < 4.78 is 0. The Morgan fingerprint density at radius 1 is 0.704 bits per heavy atom. The standard InChI is InChI=1S/C26H21N/c1-3-9-18(4-2)25-21-10-5-7-12-23(21)26(19-14-16-20(27)17-15-19)24-13-8-6-11-22(24)25/h3-17H,1-2,27H2/b18-9+. The lowest BCUT2D eigenvalue weighted by atomic mass is 9.85. The number of hydrogen-bond donors (Lipinski definition) is 1. The maximum Gasteiger partial charge on any atom is 0.0314 e. The highest BCUT2D eigenvalue weighted by Crippen LogP contribution is 2.42. The van der Waals surface area contributed by atoms with Crippen LogP contribution >= 0.6 is 0 Å². The molecule has 0 amide bonds. The Hall–Kier alpha value is -3.58. The van der Waals surface area contributed by atoms with Gasteiger partial charge in [-0.3, -0.25) is 0 Å². The molecule has 0 fully saturated rings. The summed E-state index contributed by atoms with van der Waals surface area (Å²) in [4.78, 5) is 0. The molecule has 2 N–H and O–H groups in total.